The van der Waals surface area contributed by atoms with Crippen LogP contribution in [0.5, 0.6) is 0 Å². The molecule has 0 saturated heterocycles. The molecule has 0 saturated carbocycles. The third-order valence-corrected chi connectivity index (χ3v) is 2.60. The lowest BCUT2D eigenvalue weighted by Crippen LogP contribution is -2.01. The number of hydrogen-bond donors (Lipinski definition) is 1. The SMILES string of the molecule is Cc1c[nH]c(=S)n1Cc1ccccc1. The van der Waals surface area contributed by atoms with Crippen molar-refractivity contribution in [3.8, 4) is 0 Å². The minimum Gasteiger partial charge on any atom is -0.337 e. The molecule has 0 fully saturated rings. The summed E-state index contributed by atoms with van der Waals surface area (Å²) < 4.78 is 2.87. The zero-order valence-electron chi connectivity index (χ0n) is 8.03. The molecule has 1 aromatic carbocycles. The summed E-state index contributed by atoms with van der Waals surface area (Å²) in [6.45, 7) is 2.89. The number of benzene rings is 1. The van der Waals surface area contributed by atoms with E-state index in [9.17, 15) is 0 Å². The highest BCUT2D eigenvalue weighted by Gasteiger charge is 1.99. The Hall–Kier alpha value is -1.35. The van der Waals surface area contributed by atoms with Crippen LogP contribution in [0.15, 0.2) is 36.5 Å². The van der Waals surface area contributed by atoms with Crippen LogP contribution in [0, 0.1) is 11.7 Å². The first-order valence-electron chi connectivity index (χ1n) is 4.56. The van der Waals surface area contributed by atoms with Crippen molar-refractivity contribution in [2.24, 2.45) is 0 Å². The number of aromatic nitrogens is 2. The summed E-state index contributed by atoms with van der Waals surface area (Å²) in [4.78, 5) is 3.03. The second-order valence-electron chi connectivity index (χ2n) is 3.31. The molecule has 0 unspecified atom stereocenters. The van der Waals surface area contributed by atoms with Gasteiger partial charge in [-0.2, -0.15) is 0 Å². The average molecular weight is 204 g/mol. The van der Waals surface area contributed by atoms with Gasteiger partial charge in [-0.1, -0.05) is 30.3 Å². The van der Waals surface area contributed by atoms with Gasteiger partial charge in [0.25, 0.3) is 0 Å². The normalized spacial score (nSPS) is 10.4. The molecule has 0 amide bonds. The fourth-order valence-corrected chi connectivity index (χ4v) is 1.71. The summed E-state index contributed by atoms with van der Waals surface area (Å²) in [7, 11) is 0. The molecule has 3 heteroatoms. The zero-order chi connectivity index (χ0) is 9.97. The van der Waals surface area contributed by atoms with Crippen LogP contribution in [0.3, 0.4) is 0 Å². The van der Waals surface area contributed by atoms with E-state index in [-0.39, 0.29) is 0 Å². The van der Waals surface area contributed by atoms with Gasteiger partial charge in [0, 0.05) is 11.9 Å². The second-order valence-corrected chi connectivity index (χ2v) is 3.69. The maximum Gasteiger partial charge on any atom is 0.177 e. The molecule has 72 valence electrons. The van der Waals surface area contributed by atoms with Crippen molar-refractivity contribution >= 4 is 12.2 Å². The van der Waals surface area contributed by atoms with Gasteiger partial charge in [-0.25, -0.2) is 0 Å². The summed E-state index contributed by atoms with van der Waals surface area (Å²) in [5.41, 5.74) is 2.44. The van der Waals surface area contributed by atoms with E-state index in [2.05, 4.69) is 28.6 Å². The highest BCUT2D eigenvalue weighted by molar-refractivity contribution is 7.71. The van der Waals surface area contributed by atoms with Gasteiger partial charge in [-0.3, -0.25) is 0 Å². The molecule has 0 aliphatic heterocycles. The number of imidazole rings is 1. The lowest BCUT2D eigenvalue weighted by Gasteiger charge is -2.04. The predicted molar refractivity (Wildman–Crippen MR) is 59.9 cm³/mol. The van der Waals surface area contributed by atoms with E-state index in [0.29, 0.717) is 0 Å². The average Bonchev–Trinajstić information content (AvgIpc) is 2.51. The Bertz CT molecular complexity index is 468. The Labute approximate surface area is 88.2 Å². The smallest absolute Gasteiger partial charge is 0.177 e. The van der Waals surface area contributed by atoms with E-state index < -0.39 is 0 Å². The maximum absolute atomic E-state index is 5.18. The van der Waals surface area contributed by atoms with E-state index in [1.165, 1.54) is 11.3 Å². The molecule has 0 atom stereocenters. The van der Waals surface area contributed by atoms with Crippen LogP contribution in [0.1, 0.15) is 11.3 Å². The lowest BCUT2D eigenvalue weighted by atomic mass is 10.2. The number of aryl methyl sites for hydroxylation is 1. The highest BCUT2D eigenvalue weighted by atomic mass is 32.1. The van der Waals surface area contributed by atoms with Crippen molar-refractivity contribution in [1.82, 2.24) is 9.55 Å². The van der Waals surface area contributed by atoms with Gasteiger partial charge < -0.3 is 9.55 Å². The van der Waals surface area contributed by atoms with E-state index in [0.717, 1.165) is 11.3 Å². The van der Waals surface area contributed by atoms with Crippen molar-refractivity contribution in [2.45, 2.75) is 13.5 Å². The van der Waals surface area contributed by atoms with Crippen molar-refractivity contribution in [2.75, 3.05) is 0 Å². The fourth-order valence-electron chi connectivity index (χ4n) is 1.44. The molecule has 2 nitrogen and oxygen atoms in total. The summed E-state index contributed by atoms with van der Waals surface area (Å²) in [5.74, 6) is 0. The Morgan fingerprint density at radius 3 is 2.57 bits per heavy atom. The summed E-state index contributed by atoms with van der Waals surface area (Å²) in [6, 6.07) is 10.3. The Kier molecular flexibility index (Phi) is 2.50. The van der Waals surface area contributed by atoms with Crippen LogP contribution in [-0.4, -0.2) is 9.55 Å². The molecule has 2 rings (SSSR count). The van der Waals surface area contributed by atoms with Crippen molar-refractivity contribution in [3.63, 3.8) is 0 Å². The van der Waals surface area contributed by atoms with Crippen molar-refractivity contribution < 1.29 is 0 Å². The molecular formula is C11H12N2S. The minimum atomic E-state index is 0.784. The second kappa shape index (κ2) is 3.80. The number of hydrogen-bond acceptors (Lipinski definition) is 1. The van der Waals surface area contributed by atoms with E-state index >= 15 is 0 Å². The standard InChI is InChI=1S/C11H12N2S/c1-9-7-12-11(14)13(9)8-10-5-3-2-4-6-10/h2-7H,8H2,1H3,(H,12,14). The van der Waals surface area contributed by atoms with Crippen molar-refractivity contribution in [1.29, 1.82) is 0 Å². The number of H-pyrrole nitrogens is 1. The summed E-state index contributed by atoms with van der Waals surface area (Å²) >= 11 is 5.18. The molecule has 2 aromatic rings. The predicted octanol–water partition coefficient (Wildman–Crippen LogP) is 2.90. The zero-order valence-corrected chi connectivity index (χ0v) is 8.84. The number of aromatic amines is 1. The van der Waals surface area contributed by atoms with E-state index in [1.54, 1.807) is 0 Å². The van der Waals surface area contributed by atoms with Gasteiger partial charge in [0.1, 0.15) is 0 Å². The molecule has 14 heavy (non-hydrogen) atoms. The molecular weight excluding hydrogens is 192 g/mol. The molecule has 1 heterocycles. The van der Waals surface area contributed by atoms with E-state index in [1.807, 2.05) is 24.4 Å². The quantitative estimate of drug-likeness (QED) is 0.746. The van der Waals surface area contributed by atoms with Crippen LogP contribution in [0.25, 0.3) is 0 Å². The first-order valence-corrected chi connectivity index (χ1v) is 4.97. The number of nitrogens with one attached hydrogen (secondary N) is 1. The fraction of sp³-hybridized carbons (Fsp3) is 0.182. The van der Waals surface area contributed by atoms with Gasteiger partial charge in [0.2, 0.25) is 0 Å². The number of rotatable bonds is 2. The summed E-state index contributed by atoms with van der Waals surface area (Å²) in [5, 5.41) is 0. The molecule has 0 aliphatic carbocycles. The topological polar surface area (TPSA) is 20.7 Å². The minimum absolute atomic E-state index is 0.784. The van der Waals surface area contributed by atoms with Gasteiger partial charge in [-0.15, -0.1) is 0 Å². The molecule has 1 N–H and O–H groups in total. The van der Waals surface area contributed by atoms with Crippen molar-refractivity contribution in [3.05, 3.63) is 52.6 Å². The van der Waals surface area contributed by atoms with Crippen LogP contribution in [-0.2, 0) is 6.54 Å². The van der Waals surface area contributed by atoms with Crippen LogP contribution < -0.4 is 0 Å². The van der Waals surface area contributed by atoms with Gasteiger partial charge >= 0.3 is 0 Å². The Morgan fingerprint density at radius 1 is 1.29 bits per heavy atom. The van der Waals surface area contributed by atoms with Gasteiger partial charge in [0.15, 0.2) is 4.77 Å². The lowest BCUT2D eigenvalue weighted by molar-refractivity contribution is 0.758. The molecule has 0 radical (unpaired) electrons. The largest absolute Gasteiger partial charge is 0.337 e. The molecule has 0 bridgehead atoms. The van der Waals surface area contributed by atoms with E-state index in [4.69, 9.17) is 12.2 Å². The third kappa shape index (κ3) is 1.77. The van der Waals surface area contributed by atoms with Crippen LogP contribution in [0.2, 0.25) is 0 Å². The first kappa shape index (κ1) is 9.21. The first-order chi connectivity index (χ1) is 6.77. The summed E-state index contributed by atoms with van der Waals surface area (Å²) in [6.07, 6.45) is 1.94. The van der Waals surface area contributed by atoms with Gasteiger partial charge in [-0.05, 0) is 24.7 Å². The van der Waals surface area contributed by atoms with Crippen LogP contribution in [0.4, 0.5) is 0 Å². The number of nitrogens with zero attached hydrogens (tertiary/aromatic N) is 1. The maximum atomic E-state index is 5.18. The monoisotopic (exact) mass is 204 g/mol. The Balaban J connectivity index is 2.32. The molecule has 0 aliphatic rings. The van der Waals surface area contributed by atoms with Gasteiger partial charge in [0.05, 0.1) is 6.54 Å². The van der Waals surface area contributed by atoms with Crippen LogP contribution >= 0.6 is 12.2 Å². The molecule has 1 aromatic heterocycles. The molecule has 0 spiro atoms. The highest BCUT2D eigenvalue weighted by Crippen LogP contribution is 2.06. The third-order valence-electron chi connectivity index (χ3n) is 2.26. The Morgan fingerprint density at radius 2 is 2.00 bits per heavy atom.